The Kier molecular flexibility index (Phi) is 21.6. The number of rotatable bonds is 18. The molecule has 0 bridgehead atoms. The van der Waals surface area contributed by atoms with Crippen molar-refractivity contribution in [2.75, 3.05) is 26.4 Å². The molecule has 17 N–H and O–H groups in total. The van der Waals surface area contributed by atoms with Gasteiger partial charge in [-0.2, -0.15) is 0 Å². The van der Waals surface area contributed by atoms with Gasteiger partial charge in [0.25, 0.3) is 0 Å². The number of hydrogen-bond acceptors (Lipinski definition) is 27. The number of allylic oxidation sites excluding steroid dienone is 2. The van der Waals surface area contributed by atoms with Crippen molar-refractivity contribution in [2.24, 2.45) is 45.3 Å². The largest absolute Gasteiger partial charge is 0.394 e. The topological polar surface area (TPSA) is 436 Å². The van der Waals surface area contributed by atoms with Crippen molar-refractivity contribution in [3.05, 3.63) is 11.6 Å². The molecular weight excluding hydrogens is 1150 g/mol. The molecule has 0 aromatic carbocycles. The highest BCUT2D eigenvalue weighted by atomic mass is 16.8. The van der Waals surface area contributed by atoms with Gasteiger partial charge in [-0.25, -0.2) is 0 Å². The molecule has 504 valence electrons. The molecule has 27 heteroatoms. The van der Waals surface area contributed by atoms with E-state index in [1.54, 1.807) is 0 Å². The molecule has 0 radical (unpaired) electrons. The maximum Gasteiger partial charge on any atom is 0.187 e. The predicted octanol–water partition coefficient (Wildman–Crippen LogP) is -3.35. The highest BCUT2D eigenvalue weighted by molar-refractivity contribution is 5.21. The van der Waals surface area contributed by atoms with Crippen LogP contribution in [0.1, 0.15) is 120 Å². The second kappa shape index (κ2) is 26.8. The highest BCUT2D eigenvalue weighted by Gasteiger charge is 2.72. The normalized spacial score (nSPS) is 53.3. The van der Waals surface area contributed by atoms with Crippen LogP contribution in [0.25, 0.3) is 0 Å². The van der Waals surface area contributed by atoms with E-state index in [0.29, 0.717) is 38.5 Å². The quantitative estimate of drug-likeness (QED) is 0.0471. The van der Waals surface area contributed by atoms with Gasteiger partial charge in [-0.05, 0) is 131 Å². The minimum Gasteiger partial charge on any atom is -0.394 e. The van der Waals surface area contributed by atoms with E-state index < -0.39 is 214 Å². The third kappa shape index (κ3) is 12.7. The second-order valence-corrected chi connectivity index (χ2v) is 28.6. The van der Waals surface area contributed by atoms with Crippen LogP contribution >= 0.6 is 0 Å². The fourth-order valence-electron chi connectivity index (χ4n) is 17.6. The predicted molar refractivity (Wildman–Crippen MR) is 297 cm³/mol. The van der Waals surface area contributed by atoms with Gasteiger partial charge >= 0.3 is 0 Å². The van der Waals surface area contributed by atoms with Gasteiger partial charge < -0.3 is 134 Å². The van der Waals surface area contributed by atoms with Gasteiger partial charge in [-0.15, -0.1) is 0 Å². The van der Waals surface area contributed by atoms with Crippen molar-refractivity contribution in [3.63, 3.8) is 0 Å². The van der Waals surface area contributed by atoms with Gasteiger partial charge in [0.1, 0.15) is 116 Å². The summed E-state index contributed by atoms with van der Waals surface area (Å²) in [6.07, 6.45) is -34.1. The summed E-state index contributed by atoms with van der Waals surface area (Å²) in [7, 11) is 0. The summed E-state index contributed by atoms with van der Waals surface area (Å²) < 4.78 is 61.1. The van der Waals surface area contributed by atoms with Gasteiger partial charge in [-0.1, -0.05) is 46.3 Å². The number of fused-ring (bicyclic) bond motifs is 5. The van der Waals surface area contributed by atoms with Gasteiger partial charge in [-0.3, -0.25) is 0 Å². The van der Waals surface area contributed by atoms with Crippen molar-refractivity contribution in [2.45, 2.75) is 291 Å². The standard InChI is InChI=1S/C60H102O27/c1-24(2)11-10-15-60(9,87-54-49(77)44(72)39(67)30(83-54)22-79-52-47(75)42(70)37(65)28(20-61)81-52)26-12-17-59(8)35(26)27(63)19-33-57(6)16-14-34(56(4,5)32(57)13-18-58(33,59)7)85-55-50(86-53-48(76)43(71)38(66)29(21-62)82-53)45(73)40(68)31(84-55)23-78-51-46(74)41(69)36(64)25(3)80-51/h11,25-55,61-77H,10,12-23H2,1-9H3/t25-,26+,27-,28-,29-,30-,31-,32+,33-,34+,35+,36+,37-,38-,39-,40-,41-,42+,43+,44+,45+,46-,47-,48-,49-,50?,51-,52-,53+,54+,55+,57+,58-,59-,60?/m1/s1. The number of ether oxygens (including phenoxy) is 10. The molecule has 2 unspecified atom stereocenters. The van der Waals surface area contributed by atoms with Crippen molar-refractivity contribution in [1.29, 1.82) is 0 Å². The average molecular weight is 1260 g/mol. The van der Waals surface area contributed by atoms with E-state index in [-0.39, 0.29) is 29.1 Å². The first-order chi connectivity index (χ1) is 40.7. The van der Waals surface area contributed by atoms with Gasteiger partial charge in [0.15, 0.2) is 31.5 Å². The number of hydrogen-bond donors (Lipinski definition) is 17. The summed E-state index contributed by atoms with van der Waals surface area (Å²) >= 11 is 0. The summed E-state index contributed by atoms with van der Waals surface area (Å²) in [5.74, 6) is -0.686. The van der Waals surface area contributed by atoms with E-state index >= 15 is 0 Å². The fourth-order valence-corrected chi connectivity index (χ4v) is 17.6. The Morgan fingerprint density at radius 1 is 0.506 bits per heavy atom. The Labute approximate surface area is 507 Å². The minimum absolute atomic E-state index is 0.0205. The zero-order chi connectivity index (χ0) is 63.9. The van der Waals surface area contributed by atoms with Crippen molar-refractivity contribution < 1.29 is 134 Å². The van der Waals surface area contributed by atoms with Gasteiger partial charge in [0.05, 0.1) is 50.3 Å². The molecule has 35 atom stereocenters. The Morgan fingerprint density at radius 3 is 1.56 bits per heavy atom. The summed E-state index contributed by atoms with van der Waals surface area (Å²) in [6, 6.07) is 0. The van der Waals surface area contributed by atoms with Crippen LogP contribution in [0.5, 0.6) is 0 Å². The Balaban J connectivity index is 0.940. The van der Waals surface area contributed by atoms with Crippen LogP contribution in [0.4, 0.5) is 0 Å². The van der Waals surface area contributed by atoms with Crippen LogP contribution in [0.3, 0.4) is 0 Å². The van der Waals surface area contributed by atoms with Crippen molar-refractivity contribution in [3.8, 4) is 0 Å². The minimum atomic E-state index is -1.89. The summed E-state index contributed by atoms with van der Waals surface area (Å²) in [5.41, 5.74) is -1.91. The van der Waals surface area contributed by atoms with Crippen LogP contribution in [0.2, 0.25) is 0 Å². The molecule has 5 saturated heterocycles. The van der Waals surface area contributed by atoms with Crippen LogP contribution in [0, 0.1) is 45.3 Å². The first-order valence-electron chi connectivity index (χ1n) is 31.3. The molecule has 4 aliphatic carbocycles. The summed E-state index contributed by atoms with van der Waals surface area (Å²) in [6.45, 7) is 15.9. The molecule has 4 saturated carbocycles. The molecule has 5 heterocycles. The lowest BCUT2D eigenvalue weighted by Crippen LogP contribution is -2.68. The highest BCUT2D eigenvalue weighted by Crippen LogP contribution is 2.76. The Hall–Kier alpha value is -1.34. The lowest BCUT2D eigenvalue weighted by molar-refractivity contribution is -0.382. The second-order valence-electron chi connectivity index (χ2n) is 28.6. The van der Waals surface area contributed by atoms with Gasteiger partial charge in [0.2, 0.25) is 0 Å². The van der Waals surface area contributed by atoms with Crippen molar-refractivity contribution >= 4 is 0 Å². The molecular formula is C60H102O27. The molecule has 9 rings (SSSR count). The third-order valence-electron chi connectivity index (χ3n) is 22.9. The maximum atomic E-state index is 13.0. The smallest absolute Gasteiger partial charge is 0.187 e. The van der Waals surface area contributed by atoms with E-state index in [9.17, 15) is 86.8 Å². The van der Waals surface area contributed by atoms with Crippen LogP contribution in [-0.4, -0.2) is 285 Å². The monoisotopic (exact) mass is 1250 g/mol. The maximum absolute atomic E-state index is 13.0. The zero-order valence-corrected chi connectivity index (χ0v) is 51.4. The molecule has 87 heavy (non-hydrogen) atoms. The molecule has 9 aliphatic rings. The van der Waals surface area contributed by atoms with E-state index in [1.807, 2.05) is 20.8 Å². The van der Waals surface area contributed by atoms with E-state index in [2.05, 4.69) is 40.7 Å². The van der Waals surface area contributed by atoms with Crippen LogP contribution < -0.4 is 0 Å². The molecule has 27 nitrogen and oxygen atoms in total. The van der Waals surface area contributed by atoms with E-state index in [0.717, 1.165) is 24.8 Å². The first-order valence-corrected chi connectivity index (χ1v) is 31.3. The zero-order valence-electron chi connectivity index (χ0n) is 51.4. The molecule has 0 spiro atoms. The van der Waals surface area contributed by atoms with E-state index in [1.165, 1.54) is 6.92 Å². The molecule has 0 amide bonds. The molecule has 0 aromatic heterocycles. The van der Waals surface area contributed by atoms with Crippen LogP contribution in [-0.2, 0) is 47.4 Å². The number of aliphatic hydroxyl groups is 17. The number of aliphatic hydroxyl groups excluding tert-OH is 17. The molecule has 5 aliphatic heterocycles. The summed E-state index contributed by atoms with van der Waals surface area (Å²) in [4.78, 5) is 0. The van der Waals surface area contributed by atoms with E-state index in [4.69, 9.17) is 47.4 Å². The molecule has 9 fully saturated rings. The first kappa shape index (κ1) is 70.0. The fraction of sp³-hybridized carbons (Fsp3) is 0.967. The lowest BCUT2D eigenvalue weighted by atomic mass is 9.35. The molecule has 0 aromatic rings. The van der Waals surface area contributed by atoms with Crippen molar-refractivity contribution in [1.82, 2.24) is 0 Å². The lowest BCUT2D eigenvalue weighted by Gasteiger charge is -2.71. The Bertz CT molecular complexity index is 2300. The Morgan fingerprint density at radius 2 is 0.989 bits per heavy atom. The van der Waals surface area contributed by atoms with Gasteiger partial charge in [0, 0.05) is 0 Å². The average Bonchev–Trinajstić information content (AvgIpc) is 1.67. The SMILES string of the molecule is CC(C)=CCCC(C)(O[C@@H]1O[C@H](CO[C@@H]2O[C@H](CO)[C@@H](O)[C@H](O)[C@H]2O)[C@@H](O)[C@H](O)[C@H]1O)[C@H]1CC[C@]2(C)[C@@H]1[C@H](O)C[C@@H]1[C@@]3(C)CC[C@H](O[C@@H]4O[C@H](CO[C@@H]5O[C@H](C)[C@H](O)[C@@H](O)[C@H]5O)[C@@H](O)[C@H](O)C4O[C@@H]4O[C@H](CO)[C@@H](O)[C@H](O)[C@H]4O)C(C)(C)[C@@H]3CC[C@]12C. The summed E-state index contributed by atoms with van der Waals surface area (Å²) in [5, 5.41) is 185. The van der Waals surface area contributed by atoms with Crippen LogP contribution in [0.15, 0.2) is 11.6 Å². The third-order valence-corrected chi connectivity index (χ3v) is 22.9.